The fourth-order valence-corrected chi connectivity index (χ4v) is 4.18. The van der Waals surface area contributed by atoms with Gasteiger partial charge in [-0.2, -0.15) is 0 Å². The lowest BCUT2D eigenvalue weighted by Gasteiger charge is -2.29. The number of oxime groups is 1. The topological polar surface area (TPSA) is 76.0 Å². The molecule has 1 aromatic heterocycles. The molecule has 0 aliphatic carbocycles. The SMILES string of the molecule is CO/N=C1/CCCCN1c1ccc(NC(=O)C(CC(C)C)Oc2ccc3ccncc3c2)cc1. The monoisotopic (exact) mass is 460 g/mol. The van der Waals surface area contributed by atoms with E-state index in [0.717, 1.165) is 53.8 Å². The van der Waals surface area contributed by atoms with Crippen LogP contribution in [-0.4, -0.2) is 36.5 Å². The fraction of sp³-hybridized carbons (Fsp3) is 0.370. The number of carbonyl (C=O) groups is 1. The molecule has 1 amide bonds. The Kier molecular flexibility index (Phi) is 7.62. The maximum Gasteiger partial charge on any atom is 0.265 e. The molecule has 1 aliphatic heterocycles. The number of carbonyl (C=O) groups excluding carboxylic acids is 1. The largest absolute Gasteiger partial charge is 0.481 e. The van der Waals surface area contributed by atoms with Gasteiger partial charge in [-0.1, -0.05) is 25.1 Å². The van der Waals surface area contributed by atoms with Gasteiger partial charge in [0.2, 0.25) is 0 Å². The number of hydrogen-bond donors (Lipinski definition) is 1. The second kappa shape index (κ2) is 11.0. The first kappa shape index (κ1) is 23.5. The number of anilines is 2. The molecule has 178 valence electrons. The minimum absolute atomic E-state index is 0.160. The highest BCUT2D eigenvalue weighted by atomic mass is 16.6. The molecule has 1 saturated heterocycles. The Bertz CT molecular complexity index is 1140. The Morgan fingerprint density at radius 3 is 2.71 bits per heavy atom. The van der Waals surface area contributed by atoms with E-state index in [4.69, 9.17) is 9.57 Å². The molecule has 3 aromatic rings. The van der Waals surface area contributed by atoms with Crippen molar-refractivity contribution in [1.82, 2.24) is 4.98 Å². The van der Waals surface area contributed by atoms with E-state index in [-0.39, 0.29) is 5.91 Å². The van der Waals surface area contributed by atoms with Crippen molar-refractivity contribution in [2.75, 3.05) is 23.9 Å². The quantitative estimate of drug-likeness (QED) is 0.442. The van der Waals surface area contributed by atoms with Gasteiger partial charge in [0.05, 0.1) is 0 Å². The van der Waals surface area contributed by atoms with Crippen LogP contribution in [0.2, 0.25) is 0 Å². The Balaban J connectivity index is 1.46. The lowest BCUT2D eigenvalue weighted by atomic mass is 10.0. The summed E-state index contributed by atoms with van der Waals surface area (Å²) >= 11 is 0. The standard InChI is InChI=1S/C27H32N4O3/c1-19(2)16-25(34-24-12-7-20-13-14-28-18-21(20)17-24)27(32)29-22-8-10-23(11-9-22)31-15-5-4-6-26(31)30-33-3/h7-14,17-19,25H,4-6,15-16H2,1-3H3,(H,29,32)/b30-26-. The van der Waals surface area contributed by atoms with Crippen LogP contribution in [0.5, 0.6) is 5.75 Å². The average molecular weight is 461 g/mol. The van der Waals surface area contributed by atoms with E-state index in [2.05, 4.69) is 34.2 Å². The Hall–Kier alpha value is -3.61. The summed E-state index contributed by atoms with van der Waals surface area (Å²) in [5.74, 6) is 1.73. The molecule has 1 aliphatic rings. The first-order chi connectivity index (χ1) is 16.5. The van der Waals surface area contributed by atoms with E-state index < -0.39 is 6.10 Å². The minimum atomic E-state index is -0.601. The Morgan fingerprint density at radius 1 is 1.12 bits per heavy atom. The molecular weight excluding hydrogens is 428 g/mol. The number of aromatic nitrogens is 1. The summed E-state index contributed by atoms with van der Waals surface area (Å²) in [7, 11) is 1.57. The van der Waals surface area contributed by atoms with Crippen molar-refractivity contribution in [3.63, 3.8) is 0 Å². The molecule has 2 heterocycles. The van der Waals surface area contributed by atoms with E-state index in [1.165, 1.54) is 0 Å². The third-order valence-electron chi connectivity index (χ3n) is 5.86. The molecule has 0 radical (unpaired) electrons. The molecule has 7 heteroatoms. The van der Waals surface area contributed by atoms with Crippen molar-refractivity contribution < 1.29 is 14.4 Å². The van der Waals surface area contributed by atoms with Crippen LogP contribution in [-0.2, 0) is 9.63 Å². The van der Waals surface area contributed by atoms with Gasteiger partial charge in [-0.25, -0.2) is 0 Å². The summed E-state index contributed by atoms with van der Waals surface area (Å²) < 4.78 is 6.15. The minimum Gasteiger partial charge on any atom is -0.481 e. The molecule has 0 spiro atoms. The number of nitrogens with one attached hydrogen (secondary N) is 1. The van der Waals surface area contributed by atoms with Gasteiger partial charge < -0.3 is 19.8 Å². The van der Waals surface area contributed by atoms with Gasteiger partial charge in [0, 0.05) is 42.1 Å². The number of ether oxygens (including phenoxy) is 1. The molecule has 4 rings (SSSR count). The van der Waals surface area contributed by atoms with Crippen LogP contribution >= 0.6 is 0 Å². The predicted molar refractivity (Wildman–Crippen MR) is 136 cm³/mol. The van der Waals surface area contributed by atoms with Gasteiger partial charge >= 0.3 is 0 Å². The van der Waals surface area contributed by atoms with Crippen LogP contribution in [0.3, 0.4) is 0 Å². The number of hydrogen-bond acceptors (Lipinski definition) is 5. The molecule has 1 fully saturated rings. The third kappa shape index (κ3) is 5.84. The van der Waals surface area contributed by atoms with Gasteiger partial charge in [-0.3, -0.25) is 9.78 Å². The fourth-order valence-electron chi connectivity index (χ4n) is 4.18. The number of amidine groups is 1. The summed E-state index contributed by atoms with van der Waals surface area (Å²) in [5.41, 5.74) is 1.77. The molecule has 1 atom stereocenters. The lowest BCUT2D eigenvalue weighted by molar-refractivity contribution is -0.123. The van der Waals surface area contributed by atoms with Crippen molar-refractivity contribution in [3.8, 4) is 5.75 Å². The number of nitrogens with zero attached hydrogens (tertiary/aromatic N) is 3. The van der Waals surface area contributed by atoms with Gasteiger partial charge in [0.15, 0.2) is 6.10 Å². The highest BCUT2D eigenvalue weighted by Gasteiger charge is 2.23. The van der Waals surface area contributed by atoms with Crippen LogP contribution in [0.15, 0.2) is 66.1 Å². The molecule has 0 bridgehead atoms. The van der Waals surface area contributed by atoms with Crippen molar-refractivity contribution in [3.05, 3.63) is 60.9 Å². The Morgan fingerprint density at radius 2 is 1.94 bits per heavy atom. The maximum absolute atomic E-state index is 13.1. The predicted octanol–water partition coefficient (Wildman–Crippen LogP) is 5.62. The van der Waals surface area contributed by atoms with Crippen LogP contribution in [0, 0.1) is 5.92 Å². The number of rotatable bonds is 8. The van der Waals surface area contributed by atoms with Gasteiger partial charge in [0.25, 0.3) is 5.91 Å². The van der Waals surface area contributed by atoms with Gasteiger partial charge in [-0.15, -0.1) is 0 Å². The zero-order valence-corrected chi connectivity index (χ0v) is 20.0. The first-order valence-electron chi connectivity index (χ1n) is 11.8. The van der Waals surface area contributed by atoms with Crippen LogP contribution in [0.4, 0.5) is 11.4 Å². The highest BCUT2D eigenvalue weighted by Crippen LogP contribution is 2.25. The molecule has 34 heavy (non-hydrogen) atoms. The highest BCUT2D eigenvalue weighted by molar-refractivity contribution is 5.99. The van der Waals surface area contributed by atoms with E-state index in [9.17, 15) is 4.79 Å². The molecular formula is C27H32N4O3. The molecule has 1 N–H and O–H groups in total. The van der Waals surface area contributed by atoms with Gasteiger partial charge in [-0.05, 0) is 73.0 Å². The van der Waals surface area contributed by atoms with E-state index in [0.29, 0.717) is 18.1 Å². The number of benzene rings is 2. The number of fused-ring (bicyclic) bond motifs is 1. The molecule has 2 aromatic carbocycles. The summed E-state index contributed by atoms with van der Waals surface area (Å²) in [6.07, 6.45) is 6.69. The van der Waals surface area contributed by atoms with Crippen molar-refractivity contribution in [1.29, 1.82) is 0 Å². The molecule has 1 unspecified atom stereocenters. The van der Waals surface area contributed by atoms with Crippen molar-refractivity contribution in [2.45, 2.75) is 45.6 Å². The van der Waals surface area contributed by atoms with E-state index in [1.54, 1.807) is 19.5 Å². The maximum atomic E-state index is 13.1. The van der Waals surface area contributed by atoms with Gasteiger partial charge in [0.1, 0.15) is 18.7 Å². The summed E-state index contributed by atoms with van der Waals surface area (Å²) in [6.45, 7) is 5.07. The normalized spacial score (nSPS) is 16.0. The number of piperidine rings is 1. The number of pyridine rings is 1. The van der Waals surface area contributed by atoms with E-state index in [1.807, 2.05) is 48.5 Å². The average Bonchev–Trinajstić information content (AvgIpc) is 2.84. The second-order valence-electron chi connectivity index (χ2n) is 8.96. The first-order valence-corrected chi connectivity index (χ1v) is 11.8. The van der Waals surface area contributed by atoms with Crippen molar-refractivity contribution in [2.24, 2.45) is 11.1 Å². The zero-order valence-electron chi connectivity index (χ0n) is 20.0. The third-order valence-corrected chi connectivity index (χ3v) is 5.86. The summed E-state index contributed by atoms with van der Waals surface area (Å²) in [5, 5.41) is 9.26. The second-order valence-corrected chi connectivity index (χ2v) is 8.96. The molecule has 0 saturated carbocycles. The smallest absolute Gasteiger partial charge is 0.265 e. The molecule has 7 nitrogen and oxygen atoms in total. The lowest BCUT2D eigenvalue weighted by Crippen LogP contribution is -2.35. The van der Waals surface area contributed by atoms with E-state index >= 15 is 0 Å². The Labute approximate surface area is 200 Å². The van der Waals surface area contributed by atoms with Crippen LogP contribution in [0.1, 0.15) is 39.5 Å². The zero-order chi connectivity index (χ0) is 23.9. The summed E-state index contributed by atoms with van der Waals surface area (Å²) in [4.78, 5) is 24.5. The van der Waals surface area contributed by atoms with Crippen LogP contribution < -0.4 is 15.0 Å². The van der Waals surface area contributed by atoms with Crippen LogP contribution in [0.25, 0.3) is 10.8 Å². The van der Waals surface area contributed by atoms with Crippen molar-refractivity contribution >= 4 is 33.9 Å². The summed E-state index contributed by atoms with van der Waals surface area (Å²) in [6, 6.07) is 15.6. The number of amides is 1.